The average Bonchev–Trinajstić information content (AvgIpc) is 3.49. The van der Waals surface area contributed by atoms with Crippen LogP contribution < -0.4 is 30.1 Å². The van der Waals surface area contributed by atoms with Gasteiger partial charge in [-0.2, -0.15) is 12.1 Å². The molecule has 0 amide bonds. The Morgan fingerprint density at radius 2 is 1.51 bits per heavy atom. The SMILES string of the molecule is CCCC(C)C1=[C-]CC=C1.CCCCCCP(CCCCCC)c1cc2ccccc2[cH-]1.[Cl-].[Cl-].[Hf+4]. The first-order valence-corrected chi connectivity index (χ1v) is 15.1. The van der Waals surface area contributed by atoms with Crippen LogP contribution in [-0.4, -0.2) is 12.3 Å². The van der Waals surface area contributed by atoms with Crippen molar-refractivity contribution in [3.05, 3.63) is 60.2 Å². The van der Waals surface area contributed by atoms with Gasteiger partial charge < -0.3 is 24.8 Å². The van der Waals surface area contributed by atoms with Crippen molar-refractivity contribution >= 4 is 24.0 Å². The molecule has 0 radical (unpaired) electrons. The number of rotatable bonds is 14. The number of hydrogen-bond acceptors (Lipinski definition) is 0. The second-order valence-corrected chi connectivity index (χ2v) is 11.9. The Kier molecular flexibility index (Phi) is 24.9. The summed E-state index contributed by atoms with van der Waals surface area (Å²) in [6.45, 7) is 9.12. The van der Waals surface area contributed by atoms with E-state index in [1.165, 1.54) is 92.9 Å². The molecule has 1 aliphatic rings. The largest absolute Gasteiger partial charge is 4.00 e. The van der Waals surface area contributed by atoms with E-state index < -0.39 is 0 Å². The van der Waals surface area contributed by atoms with Crippen LogP contribution in [0.5, 0.6) is 0 Å². The van der Waals surface area contributed by atoms with Crippen molar-refractivity contribution in [2.45, 2.75) is 98.3 Å². The van der Waals surface area contributed by atoms with Crippen molar-refractivity contribution in [2.75, 3.05) is 12.3 Å². The van der Waals surface area contributed by atoms with Crippen molar-refractivity contribution in [3.8, 4) is 0 Å². The monoisotopic (exact) mass is 700 g/mol. The molecule has 0 saturated heterocycles. The van der Waals surface area contributed by atoms with E-state index >= 15 is 0 Å². The summed E-state index contributed by atoms with van der Waals surface area (Å²) in [5, 5.41) is 4.53. The Labute approximate surface area is 249 Å². The van der Waals surface area contributed by atoms with Crippen molar-refractivity contribution in [1.29, 1.82) is 0 Å². The molecule has 1 atom stereocenters. The Bertz CT molecular complexity index is 766. The summed E-state index contributed by atoms with van der Waals surface area (Å²) in [6.07, 6.45) is 25.4. The normalized spacial score (nSPS) is 12.8. The predicted octanol–water partition coefficient (Wildman–Crippen LogP) is 3.94. The van der Waals surface area contributed by atoms with Gasteiger partial charge in [0.15, 0.2) is 0 Å². The van der Waals surface area contributed by atoms with Crippen molar-refractivity contribution in [2.24, 2.45) is 5.92 Å². The van der Waals surface area contributed by atoms with Crippen molar-refractivity contribution < 1.29 is 50.7 Å². The van der Waals surface area contributed by atoms with Crippen LogP contribution in [0.25, 0.3) is 10.8 Å². The maximum absolute atomic E-state index is 3.35. The molecule has 3 rings (SSSR count). The second kappa shape index (κ2) is 23.3. The molecule has 0 fully saturated rings. The summed E-state index contributed by atoms with van der Waals surface area (Å²) in [7, 11) is 0.0642. The van der Waals surface area contributed by atoms with E-state index in [9.17, 15) is 0 Å². The standard InChI is InChI=1S/C21H32P.C10H15.2ClH.Hf/c1-3-5-7-11-15-22(16-12-8-6-4-2)21-17-19-13-9-10-14-20(19)18-21;1-3-6-9(2)10-7-4-5-8-10;;;/h9-10,13-14,17-18H,3-8,11-12,15-16H2,1-2H3;4,7,9H,3,5-6H2,1-2H3;2*1H;/q2*-1;;;+4/p-2. The van der Waals surface area contributed by atoms with Crippen LogP contribution in [0.15, 0.2) is 54.1 Å². The topological polar surface area (TPSA) is 0 Å². The minimum absolute atomic E-state index is 0. The number of hydrogen-bond donors (Lipinski definition) is 0. The first-order chi connectivity index (χ1) is 15.7. The van der Waals surface area contributed by atoms with Gasteiger partial charge in [-0.25, -0.2) is 11.6 Å². The first-order valence-electron chi connectivity index (χ1n) is 13.4. The maximum atomic E-state index is 3.35. The molecule has 0 spiro atoms. The van der Waals surface area contributed by atoms with E-state index in [2.05, 4.69) is 82.3 Å². The molecule has 0 aromatic heterocycles. The van der Waals surface area contributed by atoms with E-state index in [-0.39, 0.29) is 58.6 Å². The third-order valence-electron chi connectivity index (χ3n) is 6.51. The molecule has 0 bridgehead atoms. The van der Waals surface area contributed by atoms with E-state index in [0.29, 0.717) is 0 Å². The van der Waals surface area contributed by atoms with Gasteiger partial charge in [0.25, 0.3) is 0 Å². The summed E-state index contributed by atoms with van der Waals surface area (Å²) >= 11 is 0. The van der Waals surface area contributed by atoms with Gasteiger partial charge in [0.2, 0.25) is 0 Å². The van der Waals surface area contributed by atoms with Crippen LogP contribution in [0.4, 0.5) is 0 Å². The van der Waals surface area contributed by atoms with E-state index in [1.54, 1.807) is 5.30 Å². The third-order valence-corrected chi connectivity index (χ3v) is 9.21. The molecule has 1 aliphatic carbocycles. The molecule has 35 heavy (non-hydrogen) atoms. The van der Waals surface area contributed by atoms with E-state index in [1.807, 2.05) is 0 Å². The summed E-state index contributed by atoms with van der Waals surface area (Å²) in [6, 6.07) is 13.8. The van der Waals surface area contributed by atoms with Crippen LogP contribution in [0, 0.1) is 12.0 Å². The van der Waals surface area contributed by atoms with Gasteiger partial charge in [0, 0.05) is 0 Å². The molecule has 0 N–H and O–H groups in total. The van der Waals surface area contributed by atoms with Crippen LogP contribution >= 0.6 is 7.92 Å². The molecule has 194 valence electrons. The zero-order valence-electron chi connectivity index (χ0n) is 22.6. The fraction of sp³-hybridized carbons (Fsp3) is 0.581. The molecular weight excluding hydrogens is 653 g/mol. The Balaban J connectivity index is 0. The van der Waals surface area contributed by atoms with Crippen LogP contribution in [-0.2, 0) is 25.8 Å². The van der Waals surface area contributed by atoms with Gasteiger partial charge in [0.1, 0.15) is 0 Å². The molecule has 4 heteroatoms. The maximum Gasteiger partial charge on any atom is 4.00 e. The summed E-state index contributed by atoms with van der Waals surface area (Å²) in [5.41, 5.74) is 1.42. The van der Waals surface area contributed by atoms with Gasteiger partial charge in [-0.15, -0.1) is 46.8 Å². The van der Waals surface area contributed by atoms with Crippen LogP contribution in [0.3, 0.4) is 0 Å². The minimum Gasteiger partial charge on any atom is -1.00 e. The van der Waals surface area contributed by atoms with Crippen LogP contribution in [0.1, 0.15) is 98.3 Å². The second-order valence-electron chi connectivity index (χ2n) is 9.38. The number of benzene rings is 1. The quantitative estimate of drug-likeness (QED) is 0.121. The molecule has 0 aliphatic heterocycles. The minimum atomic E-state index is 0. The van der Waals surface area contributed by atoms with E-state index in [4.69, 9.17) is 0 Å². The zero-order valence-corrected chi connectivity index (χ0v) is 28.6. The number of allylic oxidation sites excluding steroid dienone is 4. The smallest absolute Gasteiger partial charge is 1.00 e. The molecule has 1 unspecified atom stereocenters. The summed E-state index contributed by atoms with van der Waals surface area (Å²) in [4.78, 5) is 0. The average molecular weight is 700 g/mol. The molecule has 2 aromatic carbocycles. The predicted molar refractivity (Wildman–Crippen MR) is 149 cm³/mol. The van der Waals surface area contributed by atoms with Gasteiger partial charge in [-0.3, -0.25) is 6.08 Å². The molecule has 0 saturated carbocycles. The third kappa shape index (κ3) is 14.6. The Hall–Kier alpha value is 0.190. The van der Waals surface area contributed by atoms with Crippen molar-refractivity contribution in [1.82, 2.24) is 0 Å². The molecule has 0 nitrogen and oxygen atoms in total. The van der Waals surface area contributed by atoms with E-state index in [0.717, 1.165) is 12.3 Å². The Morgan fingerprint density at radius 3 is 2.03 bits per heavy atom. The fourth-order valence-corrected chi connectivity index (χ4v) is 7.09. The van der Waals surface area contributed by atoms with Crippen molar-refractivity contribution in [3.63, 3.8) is 0 Å². The molecule has 2 aromatic rings. The van der Waals surface area contributed by atoms with Gasteiger partial charge in [-0.1, -0.05) is 92.5 Å². The number of fused-ring (bicyclic) bond motifs is 1. The van der Waals surface area contributed by atoms with Gasteiger partial charge in [0.05, 0.1) is 0 Å². The van der Waals surface area contributed by atoms with Gasteiger partial charge >= 0.3 is 25.8 Å². The Morgan fingerprint density at radius 1 is 0.886 bits per heavy atom. The summed E-state index contributed by atoms with van der Waals surface area (Å²) < 4.78 is 0. The van der Waals surface area contributed by atoms with Crippen LogP contribution in [0.2, 0.25) is 0 Å². The molecular formula is C31H47Cl2HfP. The summed E-state index contributed by atoms with van der Waals surface area (Å²) in [5.74, 6) is 0.726. The first kappa shape index (κ1) is 37.3. The fourth-order valence-electron chi connectivity index (χ4n) is 4.49. The number of halogens is 2. The molecule has 0 heterocycles. The number of unbranched alkanes of at least 4 members (excludes halogenated alkanes) is 6. The van der Waals surface area contributed by atoms with Gasteiger partial charge in [-0.05, 0) is 31.6 Å². The zero-order chi connectivity index (χ0) is 23.0.